The summed E-state index contributed by atoms with van der Waals surface area (Å²) in [5.74, 6) is -3.49. The summed E-state index contributed by atoms with van der Waals surface area (Å²) in [7, 11) is 1.68. The zero-order valence-corrected chi connectivity index (χ0v) is 17.2. The van der Waals surface area contributed by atoms with Gasteiger partial charge in [0.15, 0.2) is 0 Å². The molecule has 2 aromatic carbocycles. The van der Waals surface area contributed by atoms with E-state index < -0.39 is 24.1 Å². The number of piperidine rings is 1. The zero-order valence-electron chi connectivity index (χ0n) is 17.2. The Morgan fingerprint density at radius 1 is 1.06 bits per heavy atom. The number of fused-ring (bicyclic) bond motifs is 1. The molecule has 2 heterocycles. The number of carboxylic acids is 1. The number of aryl methyl sites for hydroxylation is 1. The van der Waals surface area contributed by atoms with Gasteiger partial charge in [-0.25, -0.2) is 9.59 Å². The van der Waals surface area contributed by atoms with Gasteiger partial charge in [0.2, 0.25) is 11.8 Å². The third kappa shape index (κ3) is 4.89. The standard InChI is InChI=1S/C19H18N4O3.C2HF3O2/c1-22-16-10-12(11-2-5-13(20)6-3-11)4-7-14(16)23(19(22)26)15-8-9-17(24)21-18(15)25;3-2(4,5)1(6)7/h2-7,10,15H,8-9,20H2,1H3,(H,21,24,25);(H,6,7). The normalized spacial score (nSPS) is 16.2. The van der Waals surface area contributed by atoms with Crippen molar-refractivity contribution in [3.05, 3.63) is 52.9 Å². The Balaban J connectivity index is 0.000000383. The molecule has 3 aromatic rings. The lowest BCUT2D eigenvalue weighted by molar-refractivity contribution is -0.192. The van der Waals surface area contributed by atoms with Crippen LogP contribution in [0.2, 0.25) is 0 Å². The number of carbonyl (C=O) groups excluding carboxylic acids is 2. The Morgan fingerprint density at radius 2 is 1.64 bits per heavy atom. The number of hydrogen-bond acceptors (Lipinski definition) is 5. The van der Waals surface area contributed by atoms with Gasteiger partial charge < -0.3 is 10.8 Å². The Labute approximate surface area is 184 Å². The molecular weight excluding hydrogens is 445 g/mol. The monoisotopic (exact) mass is 464 g/mol. The van der Waals surface area contributed by atoms with E-state index in [2.05, 4.69) is 5.32 Å². The van der Waals surface area contributed by atoms with Gasteiger partial charge in [0.25, 0.3) is 0 Å². The maximum absolute atomic E-state index is 12.8. The number of amides is 2. The van der Waals surface area contributed by atoms with Crippen molar-refractivity contribution in [2.24, 2.45) is 7.05 Å². The molecule has 0 radical (unpaired) electrons. The number of nitrogens with one attached hydrogen (secondary N) is 1. The van der Waals surface area contributed by atoms with E-state index in [4.69, 9.17) is 15.6 Å². The second kappa shape index (κ2) is 8.81. The van der Waals surface area contributed by atoms with E-state index in [9.17, 15) is 27.6 Å². The number of carboxylic acid groups (broad SMARTS) is 1. The SMILES string of the molecule is Cn1c(=O)n(C2CCC(=O)NC2=O)c2ccc(-c3ccc(N)cc3)cc21.O=C(O)C(F)(F)F. The van der Waals surface area contributed by atoms with E-state index in [1.807, 2.05) is 42.5 Å². The van der Waals surface area contributed by atoms with Crippen LogP contribution in [-0.4, -0.2) is 38.2 Å². The van der Waals surface area contributed by atoms with E-state index in [1.165, 1.54) is 9.13 Å². The van der Waals surface area contributed by atoms with Crippen LogP contribution in [0.15, 0.2) is 47.3 Å². The van der Waals surface area contributed by atoms with Gasteiger partial charge in [-0.15, -0.1) is 0 Å². The summed E-state index contributed by atoms with van der Waals surface area (Å²) in [4.78, 5) is 45.3. The number of imide groups is 1. The van der Waals surface area contributed by atoms with Gasteiger partial charge in [-0.3, -0.25) is 24.0 Å². The number of carbonyl (C=O) groups is 3. The fourth-order valence-corrected chi connectivity index (χ4v) is 3.45. The number of aromatic nitrogens is 2. The smallest absolute Gasteiger partial charge is 0.475 e. The number of imidazole rings is 1. The van der Waals surface area contributed by atoms with Gasteiger partial charge in [0.1, 0.15) is 6.04 Å². The van der Waals surface area contributed by atoms with Gasteiger partial charge in [-0.1, -0.05) is 18.2 Å². The lowest BCUT2D eigenvalue weighted by Crippen LogP contribution is -2.44. The molecule has 0 aliphatic carbocycles. The van der Waals surface area contributed by atoms with Crippen molar-refractivity contribution < 1.29 is 32.7 Å². The first kappa shape index (κ1) is 23.6. The minimum absolute atomic E-state index is 0.225. The second-order valence-electron chi connectivity index (χ2n) is 7.31. The molecule has 1 aliphatic heterocycles. The number of halogens is 3. The average molecular weight is 464 g/mol. The van der Waals surface area contributed by atoms with Crippen LogP contribution < -0.4 is 16.7 Å². The Bertz CT molecular complexity index is 1290. The van der Waals surface area contributed by atoms with Crippen LogP contribution in [0.25, 0.3) is 22.2 Å². The highest BCUT2D eigenvalue weighted by molar-refractivity contribution is 6.00. The number of hydrogen-bond donors (Lipinski definition) is 3. The first-order valence-electron chi connectivity index (χ1n) is 9.61. The molecule has 0 spiro atoms. The van der Waals surface area contributed by atoms with Crippen LogP contribution in [0.3, 0.4) is 0 Å². The molecule has 174 valence electrons. The van der Waals surface area contributed by atoms with Gasteiger partial charge >= 0.3 is 17.8 Å². The predicted octanol–water partition coefficient (Wildman–Crippen LogP) is 2.20. The number of nitrogen functional groups attached to an aromatic ring is 1. The topological polar surface area (TPSA) is 136 Å². The first-order chi connectivity index (χ1) is 15.4. The van der Waals surface area contributed by atoms with E-state index >= 15 is 0 Å². The molecule has 9 nitrogen and oxygen atoms in total. The zero-order chi connectivity index (χ0) is 24.5. The van der Waals surface area contributed by atoms with Crippen LogP contribution >= 0.6 is 0 Å². The third-order valence-electron chi connectivity index (χ3n) is 5.10. The third-order valence-corrected chi connectivity index (χ3v) is 5.10. The number of nitrogens with zero attached hydrogens (tertiary/aromatic N) is 2. The van der Waals surface area contributed by atoms with Crippen molar-refractivity contribution in [2.75, 3.05) is 5.73 Å². The highest BCUT2D eigenvalue weighted by atomic mass is 19.4. The maximum atomic E-state index is 12.8. The summed E-state index contributed by atoms with van der Waals surface area (Å²) in [5, 5.41) is 9.44. The molecule has 4 rings (SSSR count). The largest absolute Gasteiger partial charge is 0.490 e. The summed E-state index contributed by atoms with van der Waals surface area (Å²) in [6.45, 7) is 0. The van der Waals surface area contributed by atoms with E-state index in [0.717, 1.165) is 16.6 Å². The highest BCUT2D eigenvalue weighted by Crippen LogP contribution is 2.27. The van der Waals surface area contributed by atoms with Crippen LogP contribution in [0.4, 0.5) is 18.9 Å². The lowest BCUT2D eigenvalue weighted by atomic mass is 10.0. The highest BCUT2D eigenvalue weighted by Gasteiger charge is 2.38. The van der Waals surface area contributed by atoms with Crippen molar-refractivity contribution in [1.82, 2.24) is 14.5 Å². The number of alkyl halides is 3. The van der Waals surface area contributed by atoms with Crippen LogP contribution in [-0.2, 0) is 21.4 Å². The van der Waals surface area contributed by atoms with Crippen molar-refractivity contribution >= 4 is 34.5 Å². The average Bonchev–Trinajstić information content (AvgIpc) is 2.99. The fraction of sp³-hybridized carbons (Fsp3) is 0.238. The lowest BCUT2D eigenvalue weighted by Gasteiger charge is -2.21. The molecule has 12 heteroatoms. The molecule has 1 unspecified atom stereocenters. The number of benzene rings is 2. The van der Waals surface area contributed by atoms with Gasteiger partial charge in [0, 0.05) is 19.2 Å². The van der Waals surface area contributed by atoms with Crippen molar-refractivity contribution in [2.45, 2.75) is 25.1 Å². The molecule has 1 fully saturated rings. The number of rotatable bonds is 2. The molecule has 0 saturated carbocycles. The van der Waals surface area contributed by atoms with E-state index in [1.54, 1.807) is 7.05 Å². The van der Waals surface area contributed by atoms with Crippen LogP contribution in [0, 0.1) is 0 Å². The molecule has 4 N–H and O–H groups in total. The number of aliphatic carboxylic acids is 1. The molecule has 1 aliphatic rings. The first-order valence-corrected chi connectivity index (χ1v) is 9.61. The summed E-state index contributed by atoms with van der Waals surface area (Å²) in [6, 6.07) is 12.5. The Hall–Kier alpha value is -4.09. The second-order valence-corrected chi connectivity index (χ2v) is 7.31. The summed E-state index contributed by atoms with van der Waals surface area (Å²) in [5.41, 5.74) is 9.49. The van der Waals surface area contributed by atoms with Gasteiger partial charge in [-0.2, -0.15) is 13.2 Å². The minimum Gasteiger partial charge on any atom is -0.475 e. The van der Waals surface area contributed by atoms with Gasteiger partial charge in [0.05, 0.1) is 11.0 Å². The minimum atomic E-state index is -5.08. The molecular formula is C21H19F3N4O5. The molecule has 1 aromatic heterocycles. The molecule has 1 saturated heterocycles. The summed E-state index contributed by atoms with van der Waals surface area (Å²) < 4.78 is 34.7. The molecule has 33 heavy (non-hydrogen) atoms. The van der Waals surface area contributed by atoms with Crippen LogP contribution in [0.5, 0.6) is 0 Å². The summed E-state index contributed by atoms with van der Waals surface area (Å²) in [6.07, 6.45) is -4.54. The van der Waals surface area contributed by atoms with Crippen LogP contribution in [0.1, 0.15) is 18.9 Å². The van der Waals surface area contributed by atoms with Crippen molar-refractivity contribution in [3.8, 4) is 11.1 Å². The summed E-state index contributed by atoms with van der Waals surface area (Å²) >= 11 is 0. The Morgan fingerprint density at radius 3 is 2.18 bits per heavy atom. The Kier molecular flexibility index (Phi) is 6.29. The maximum Gasteiger partial charge on any atom is 0.490 e. The van der Waals surface area contributed by atoms with Crippen molar-refractivity contribution in [3.63, 3.8) is 0 Å². The number of nitrogens with two attached hydrogens (primary N) is 1. The fourth-order valence-electron chi connectivity index (χ4n) is 3.45. The number of anilines is 1. The van der Waals surface area contributed by atoms with E-state index in [-0.39, 0.29) is 18.0 Å². The van der Waals surface area contributed by atoms with E-state index in [0.29, 0.717) is 17.6 Å². The molecule has 2 amide bonds. The molecule has 0 bridgehead atoms. The molecule has 1 atom stereocenters. The van der Waals surface area contributed by atoms with Crippen molar-refractivity contribution in [1.29, 1.82) is 0 Å². The van der Waals surface area contributed by atoms with Gasteiger partial charge in [-0.05, 0) is 41.8 Å². The predicted molar refractivity (Wildman–Crippen MR) is 112 cm³/mol. The quantitative estimate of drug-likeness (QED) is 0.393.